The number of methoxy groups -OCH3 is 2. The molecule has 5 rings (SSSR count). The van der Waals surface area contributed by atoms with Gasteiger partial charge in [-0.15, -0.1) is 0 Å². The maximum atomic E-state index is 13.3. The first kappa shape index (κ1) is 33.4. The highest BCUT2D eigenvalue weighted by Crippen LogP contribution is 2.37. The Hall–Kier alpha value is -2.93. The number of aromatic nitrogens is 5. The molecular formula is C32H43ClF3N7O2. The molecule has 1 fully saturated rings. The Bertz CT molecular complexity index is 1570. The number of H-pyrrole nitrogens is 1. The van der Waals surface area contributed by atoms with Crippen molar-refractivity contribution < 1.29 is 22.6 Å². The summed E-state index contributed by atoms with van der Waals surface area (Å²) in [5.41, 5.74) is 0.726. The van der Waals surface area contributed by atoms with Crippen LogP contribution in [0.2, 0.25) is 5.02 Å². The summed E-state index contributed by atoms with van der Waals surface area (Å²) >= 11 is 5.88. The van der Waals surface area contributed by atoms with Crippen LogP contribution in [-0.4, -0.2) is 74.9 Å². The molecule has 1 aliphatic rings. The van der Waals surface area contributed by atoms with Gasteiger partial charge in [-0.1, -0.05) is 18.5 Å². The van der Waals surface area contributed by atoms with Gasteiger partial charge in [0.1, 0.15) is 29.7 Å². The molecular weight excluding hydrogens is 607 g/mol. The normalized spacial score (nSPS) is 16.2. The van der Waals surface area contributed by atoms with Gasteiger partial charge >= 0.3 is 6.18 Å². The zero-order valence-corrected chi connectivity index (χ0v) is 27.3. The van der Waals surface area contributed by atoms with Gasteiger partial charge in [-0.25, -0.2) is 15.0 Å². The van der Waals surface area contributed by atoms with Crippen molar-refractivity contribution in [1.29, 1.82) is 0 Å². The Morgan fingerprint density at radius 3 is 2.58 bits per heavy atom. The van der Waals surface area contributed by atoms with Crippen molar-refractivity contribution in [2.75, 3.05) is 32.6 Å². The van der Waals surface area contributed by atoms with Gasteiger partial charge in [-0.05, 0) is 70.7 Å². The second kappa shape index (κ2) is 14.2. The molecule has 1 aliphatic carbocycles. The molecule has 0 saturated heterocycles. The van der Waals surface area contributed by atoms with Gasteiger partial charge in [0.05, 0.1) is 27.0 Å². The van der Waals surface area contributed by atoms with E-state index in [1.807, 2.05) is 16.8 Å². The van der Waals surface area contributed by atoms with Gasteiger partial charge in [0.15, 0.2) is 6.23 Å². The lowest BCUT2D eigenvalue weighted by Crippen LogP contribution is -2.43. The third-order valence-electron chi connectivity index (χ3n) is 8.72. The molecule has 246 valence electrons. The van der Waals surface area contributed by atoms with E-state index in [1.54, 1.807) is 20.5 Å². The molecule has 0 spiro atoms. The summed E-state index contributed by atoms with van der Waals surface area (Å²) in [4.78, 5) is 19.0. The lowest BCUT2D eigenvalue weighted by atomic mass is 9.96. The molecule has 3 heterocycles. The lowest BCUT2D eigenvalue weighted by molar-refractivity contribution is -0.137. The van der Waals surface area contributed by atoms with Gasteiger partial charge in [0.2, 0.25) is 0 Å². The van der Waals surface area contributed by atoms with Crippen LogP contribution < -0.4 is 5.32 Å². The van der Waals surface area contributed by atoms with Crippen LogP contribution in [0.4, 0.5) is 19.0 Å². The number of ether oxygens (including phenoxy) is 2. The van der Waals surface area contributed by atoms with Crippen molar-refractivity contribution in [3.8, 4) is 0 Å². The predicted molar refractivity (Wildman–Crippen MR) is 171 cm³/mol. The number of nitrogens with one attached hydrogen (secondary N) is 2. The summed E-state index contributed by atoms with van der Waals surface area (Å²) in [6.45, 7) is 8.23. The maximum Gasteiger partial charge on any atom is 0.417 e. The van der Waals surface area contributed by atoms with E-state index in [2.05, 4.69) is 50.9 Å². The standard InChI is InChI=1S/C32H43ClF3N7O2/c1-6-20(28(44-4)31(45-5)43-14-12-22-29(39-21-10-11-21)37-18-38-30(22)43)17-42(19(2)3)13-8-7-9-27-40-25-15-23(32(34,35)36)24(33)16-26(25)41-27/h12,14-16,18-21,28,31H,6-11,13,17H2,1-5H3,(H,40,41)(H,37,38,39). The highest BCUT2D eigenvalue weighted by atomic mass is 35.5. The largest absolute Gasteiger partial charge is 0.417 e. The number of fused-ring (bicyclic) bond motifs is 2. The Kier molecular flexibility index (Phi) is 10.6. The minimum absolute atomic E-state index is 0.175. The summed E-state index contributed by atoms with van der Waals surface area (Å²) in [5.74, 6) is 1.68. The molecule has 9 nitrogen and oxygen atoms in total. The van der Waals surface area contributed by atoms with Crippen molar-refractivity contribution in [1.82, 2.24) is 29.4 Å². The molecule has 3 aromatic heterocycles. The first-order valence-electron chi connectivity index (χ1n) is 15.7. The molecule has 0 amide bonds. The van der Waals surface area contributed by atoms with Crippen molar-refractivity contribution in [3.05, 3.63) is 47.1 Å². The van der Waals surface area contributed by atoms with E-state index >= 15 is 0 Å². The summed E-state index contributed by atoms with van der Waals surface area (Å²) in [6, 6.07) is 5.13. The fourth-order valence-electron chi connectivity index (χ4n) is 6.01. The number of rotatable bonds is 16. The van der Waals surface area contributed by atoms with Gasteiger partial charge in [0.25, 0.3) is 0 Å². The van der Waals surface area contributed by atoms with Crippen LogP contribution in [-0.2, 0) is 22.1 Å². The van der Waals surface area contributed by atoms with Crippen LogP contribution in [0.5, 0.6) is 0 Å². The van der Waals surface area contributed by atoms with E-state index in [0.717, 1.165) is 68.1 Å². The minimum Gasteiger partial charge on any atom is -0.376 e. The van der Waals surface area contributed by atoms with Crippen molar-refractivity contribution in [3.63, 3.8) is 0 Å². The van der Waals surface area contributed by atoms with E-state index in [4.69, 9.17) is 21.1 Å². The maximum absolute atomic E-state index is 13.3. The number of aromatic amines is 1. The molecule has 4 aromatic rings. The van der Waals surface area contributed by atoms with Gasteiger partial charge in [-0.3, -0.25) is 0 Å². The molecule has 45 heavy (non-hydrogen) atoms. The summed E-state index contributed by atoms with van der Waals surface area (Å²) in [5, 5.41) is 4.12. The Labute approximate surface area is 266 Å². The number of imidazole rings is 1. The smallest absolute Gasteiger partial charge is 0.376 e. The number of hydrogen-bond acceptors (Lipinski definition) is 7. The third kappa shape index (κ3) is 7.73. The fraction of sp³-hybridized carbons (Fsp3) is 0.594. The number of hydrogen-bond donors (Lipinski definition) is 2. The number of anilines is 1. The Morgan fingerprint density at radius 2 is 1.93 bits per heavy atom. The number of nitrogens with zero attached hydrogens (tertiary/aromatic N) is 5. The first-order valence-corrected chi connectivity index (χ1v) is 16.0. The summed E-state index contributed by atoms with van der Waals surface area (Å²) < 4.78 is 54.1. The lowest BCUT2D eigenvalue weighted by Gasteiger charge is -2.37. The zero-order valence-electron chi connectivity index (χ0n) is 26.5. The van der Waals surface area contributed by atoms with E-state index in [9.17, 15) is 13.2 Å². The molecule has 3 atom stereocenters. The topological polar surface area (TPSA) is 93.1 Å². The van der Waals surface area contributed by atoms with Crippen LogP contribution in [0, 0.1) is 5.92 Å². The summed E-state index contributed by atoms with van der Waals surface area (Å²) in [6.07, 6.45) is 4.05. The molecule has 2 N–H and O–H groups in total. The third-order valence-corrected chi connectivity index (χ3v) is 9.03. The quantitative estimate of drug-likeness (QED) is 0.122. The second-order valence-electron chi connectivity index (χ2n) is 12.2. The van der Waals surface area contributed by atoms with E-state index < -0.39 is 11.7 Å². The second-order valence-corrected chi connectivity index (χ2v) is 12.6. The zero-order chi connectivity index (χ0) is 32.3. The van der Waals surface area contributed by atoms with Crippen LogP contribution in [0.25, 0.3) is 22.1 Å². The minimum atomic E-state index is -4.52. The number of unbranched alkanes of at least 4 members (excludes halogenated alkanes) is 1. The number of alkyl halides is 3. The Balaban J connectivity index is 1.23. The average Bonchev–Trinajstić information content (AvgIpc) is 3.56. The van der Waals surface area contributed by atoms with Crippen molar-refractivity contribution in [2.45, 2.75) is 89.9 Å². The van der Waals surface area contributed by atoms with Crippen LogP contribution >= 0.6 is 11.6 Å². The molecule has 13 heteroatoms. The molecule has 1 aromatic carbocycles. The van der Waals surface area contributed by atoms with Crippen LogP contribution in [0.3, 0.4) is 0 Å². The molecule has 1 saturated carbocycles. The van der Waals surface area contributed by atoms with Crippen molar-refractivity contribution >= 4 is 39.5 Å². The van der Waals surface area contributed by atoms with Gasteiger partial charge in [-0.2, -0.15) is 13.2 Å². The summed E-state index contributed by atoms with van der Waals surface area (Å²) in [7, 11) is 3.44. The fourth-order valence-corrected chi connectivity index (χ4v) is 6.28. The first-order chi connectivity index (χ1) is 21.5. The van der Waals surface area contributed by atoms with Gasteiger partial charge < -0.3 is 29.2 Å². The SMILES string of the molecule is CCC(CN(CCCCc1nc2cc(Cl)c(C(F)(F)F)cc2[nH]1)C(C)C)C(OC)C(OC)n1ccc2c(NC3CC3)ncnc21. The van der Waals surface area contributed by atoms with E-state index in [-0.39, 0.29) is 23.3 Å². The predicted octanol–water partition coefficient (Wildman–Crippen LogP) is 7.47. The number of aryl methyl sites for hydroxylation is 1. The molecule has 3 unspecified atom stereocenters. The molecule has 0 bridgehead atoms. The van der Waals surface area contributed by atoms with Crippen LogP contribution in [0.15, 0.2) is 30.7 Å². The highest BCUT2D eigenvalue weighted by Gasteiger charge is 2.35. The van der Waals surface area contributed by atoms with Crippen LogP contribution in [0.1, 0.15) is 70.5 Å². The van der Waals surface area contributed by atoms with Crippen molar-refractivity contribution in [2.24, 2.45) is 5.92 Å². The molecule has 0 aliphatic heterocycles. The highest BCUT2D eigenvalue weighted by molar-refractivity contribution is 6.32. The van der Waals surface area contributed by atoms with E-state index in [0.29, 0.717) is 35.4 Å². The average molecular weight is 650 g/mol. The Morgan fingerprint density at radius 1 is 1.16 bits per heavy atom. The molecule has 0 radical (unpaired) electrons. The van der Waals surface area contributed by atoms with Gasteiger partial charge in [0, 0.05) is 51.4 Å². The monoisotopic (exact) mass is 649 g/mol. The van der Waals surface area contributed by atoms with E-state index in [1.165, 1.54) is 6.07 Å². The number of halogens is 4. The number of benzene rings is 1.